The summed E-state index contributed by atoms with van der Waals surface area (Å²) < 4.78 is 0. The summed E-state index contributed by atoms with van der Waals surface area (Å²) in [6, 6.07) is 5.17. The van der Waals surface area contributed by atoms with E-state index in [4.69, 9.17) is 11.6 Å². The first kappa shape index (κ1) is 15.7. The van der Waals surface area contributed by atoms with Crippen molar-refractivity contribution in [3.05, 3.63) is 40.9 Å². The van der Waals surface area contributed by atoms with Crippen LogP contribution >= 0.6 is 11.6 Å². The number of amides is 3. The number of benzene rings is 1. The number of aryl methyl sites for hydroxylation is 1. The van der Waals surface area contributed by atoms with Crippen LogP contribution in [0.5, 0.6) is 0 Å². The average molecular weight is 333 g/mol. The van der Waals surface area contributed by atoms with Crippen molar-refractivity contribution >= 4 is 35.0 Å². The van der Waals surface area contributed by atoms with E-state index >= 15 is 0 Å². The molecule has 2 atom stereocenters. The lowest BCUT2D eigenvalue weighted by Gasteiger charge is -2.15. The Labute approximate surface area is 139 Å². The number of allylic oxidation sites excluding steroid dienone is 2. The lowest BCUT2D eigenvalue weighted by Crippen LogP contribution is -2.38. The fraction of sp³-hybridized carbons (Fsp3) is 0.353. The molecule has 1 N–H and O–H groups in total. The average Bonchev–Trinajstić information content (AvgIpc) is 2.76. The highest BCUT2D eigenvalue weighted by molar-refractivity contribution is 6.31. The molecule has 1 aliphatic carbocycles. The number of carbonyl (C=O) groups excluding carboxylic acids is 3. The maximum Gasteiger partial charge on any atom is 0.244 e. The minimum absolute atomic E-state index is 0.248. The van der Waals surface area contributed by atoms with Gasteiger partial charge in [0.1, 0.15) is 6.54 Å². The number of anilines is 1. The van der Waals surface area contributed by atoms with E-state index in [-0.39, 0.29) is 30.2 Å². The van der Waals surface area contributed by atoms with Crippen LogP contribution in [0.15, 0.2) is 30.4 Å². The number of imide groups is 1. The van der Waals surface area contributed by atoms with Gasteiger partial charge in [-0.25, -0.2) is 0 Å². The standard InChI is InChI=1S/C17H17ClN2O3/c1-10-6-7-11(18)8-14(10)19-15(21)9-20-16(22)12-4-2-3-5-13(12)17(20)23/h2-3,6-8,12-13H,4-5,9H2,1H3,(H,19,21)/t12-,13-/m0/s1. The van der Waals surface area contributed by atoms with Gasteiger partial charge in [0.25, 0.3) is 0 Å². The molecule has 1 heterocycles. The number of carbonyl (C=O) groups is 3. The molecule has 0 aromatic heterocycles. The Balaban J connectivity index is 1.70. The van der Waals surface area contributed by atoms with Crippen molar-refractivity contribution in [2.45, 2.75) is 19.8 Å². The van der Waals surface area contributed by atoms with Gasteiger partial charge in [-0.1, -0.05) is 29.8 Å². The van der Waals surface area contributed by atoms with Gasteiger partial charge >= 0.3 is 0 Å². The molecule has 2 aliphatic rings. The van der Waals surface area contributed by atoms with Crippen LogP contribution in [0, 0.1) is 18.8 Å². The molecular formula is C17H17ClN2O3. The summed E-state index contributed by atoms with van der Waals surface area (Å²) in [6.07, 6.45) is 4.98. The lowest BCUT2D eigenvalue weighted by atomic mass is 9.85. The SMILES string of the molecule is Cc1ccc(Cl)cc1NC(=O)CN1C(=O)[C@H]2CC=CC[C@@H]2C1=O. The second-order valence-corrected chi connectivity index (χ2v) is 6.36. The van der Waals surface area contributed by atoms with Gasteiger partial charge in [-0.2, -0.15) is 0 Å². The zero-order chi connectivity index (χ0) is 16.6. The first-order valence-corrected chi connectivity index (χ1v) is 7.91. The quantitative estimate of drug-likeness (QED) is 0.683. The van der Waals surface area contributed by atoms with Gasteiger partial charge in [0.05, 0.1) is 11.8 Å². The predicted molar refractivity (Wildman–Crippen MR) is 86.9 cm³/mol. The molecule has 0 saturated carbocycles. The largest absolute Gasteiger partial charge is 0.324 e. The minimum atomic E-state index is -0.399. The number of fused-ring (bicyclic) bond motifs is 1. The molecule has 0 spiro atoms. The van der Waals surface area contributed by atoms with Crippen molar-refractivity contribution in [1.29, 1.82) is 0 Å². The van der Waals surface area contributed by atoms with Gasteiger partial charge in [-0.05, 0) is 37.5 Å². The third kappa shape index (κ3) is 3.01. The Morgan fingerprint density at radius 3 is 2.43 bits per heavy atom. The highest BCUT2D eigenvalue weighted by Crippen LogP contribution is 2.34. The molecule has 1 fully saturated rings. The zero-order valence-corrected chi connectivity index (χ0v) is 13.5. The molecule has 1 saturated heterocycles. The van der Waals surface area contributed by atoms with Crippen LogP contribution in [0.3, 0.4) is 0 Å². The molecule has 3 amide bonds. The second-order valence-electron chi connectivity index (χ2n) is 5.93. The Morgan fingerprint density at radius 1 is 1.22 bits per heavy atom. The van der Waals surface area contributed by atoms with E-state index in [2.05, 4.69) is 5.32 Å². The van der Waals surface area contributed by atoms with Crippen molar-refractivity contribution in [2.24, 2.45) is 11.8 Å². The molecular weight excluding hydrogens is 316 g/mol. The molecule has 3 rings (SSSR count). The smallest absolute Gasteiger partial charge is 0.244 e. The molecule has 0 unspecified atom stereocenters. The third-order valence-corrected chi connectivity index (χ3v) is 4.61. The second kappa shape index (κ2) is 6.16. The topological polar surface area (TPSA) is 66.5 Å². The maximum atomic E-state index is 12.3. The van der Waals surface area contributed by atoms with E-state index in [0.717, 1.165) is 10.5 Å². The predicted octanol–water partition coefficient (Wildman–Crippen LogP) is 2.54. The zero-order valence-electron chi connectivity index (χ0n) is 12.7. The van der Waals surface area contributed by atoms with Gasteiger partial charge in [-0.3, -0.25) is 19.3 Å². The van der Waals surface area contributed by atoms with Gasteiger partial charge in [0, 0.05) is 10.7 Å². The Morgan fingerprint density at radius 2 is 1.83 bits per heavy atom. The Hall–Kier alpha value is -2.14. The summed E-state index contributed by atoms with van der Waals surface area (Å²) in [5.41, 5.74) is 1.44. The first-order chi connectivity index (χ1) is 11.0. The molecule has 6 heteroatoms. The first-order valence-electron chi connectivity index (χ1n) is 7.53. The monoisotopic (exact) mass is 332 g/mol. The number of rotatable bonds is 3. The van der Waals surface area contributed by atoms with Crippen molar-refractivity contribution in [1.82, 2.24) is 4.90 Å². The van der Waals surface area contributed by atoms with E-state index in [1.165, 1.54) is 0 Å². The van der Waals surface area contributed by atoms with E-state index in [9.17, 15) is 14.4 Å². The van der Waals surface area contributed by atoms with Crippen molar-refractivity contribution < 1.29 is 14.4 Å². The summed E-state index contributed by atoms with van der Waals surface area (Å²) in [5, 5.41) is 3.23. The summed E-state index contributed by atoms with van der Waals surface area (Å²) >= 11 is 5.92. The van der Waals surface area contributed by atoms with Crippen LogP contribution in [-0.4, -0.2) is 29.2 Å². The number of hydrogen-bond donors (Lipinski definition) is 1. The van der Waals surface area contributed by atoms with Crippen LogP contribution in [0.2, 0.25) is 5.02 Å². The van der Waals surface area contributed by atoms with Crippen LogP contribution in [-0.2, 0) is 14.4 Å². The fourth-order valence-electron chi connectivity index (χ4n) is 3.09. The molecule has 23 heavy (non-hydrogen) atoms. The van der Waals surface area contributed by atoms with Gasteiger partial charge in [0.15, 0.2) is 0 Å². The third-order valence-electron chi connectivity index (χ3n) is 4.37. The van der Waals surface area contributed by atoms with Gasteiger partial charge in [-0.15, -0.1) is 0 Å². The molecule has 1 aromatic rings. The number of hydrogen-bond acceptors (Lipinski definition) is 3. The van der Waals surface area contributed by atoms with Gasteiger partial charge in [0.2, 0.25) is 17.7 Å². The van der Waals surface area contributed by atoms with Crippen LogP contribution < -0.4 is 5.32 Å². The van der Waals surface area contributed by atoms with Crippen molar-refractivity contribution in [3.8, 4) is 0 Å². The van der Waals surface area contributed by atoms with Gasteiger partial charge < -0.3 is 5.32 Å². The molecule has 0 bridgehead atoms. The van der Waals surface area contributed by atoms with Crippen LogP contribution in [0.25, 0.3) is 0 Å². The summed E-state index contributed by atoms with van der Waals surface area (Å²) in [6.45, 7) is 1.59. The highest BCUT2D eigenvalue weighted by atomic mass is 35.5. The fourth-order valence-corrected chi connectivity index (χ4v) is 3.26. The molecule has 1 aromatic carbocycles. The number of likely N-dealkylation sites (tertiary alicyclic amines) is 1. The van der Waals surface area contributed by atoms with E-state index in [1.54, 1.807) is 18.2 Å². The van der Waals surface area contributed by atoms with Crippen molar-refractivity contribution in [2.75, 3.05) is 11.9 Å². The van der Waals surface area contributed by atoms with E-state index in [1.807, 2.05) is 19.1 Å². The number of halogens is 1. The molecule has 5 nitrogen and oxygen atoms in total. The summed E-state index contributed by atoms with van der Waals surface area (Å²) in [5.74, 6) is -1.52. The minimum Gasteiger partial charge on any atom is -0.324 e. The summed E-state index contributed by atoms with van der Waals surface area (Å²) in [4.78, 5) is 38.0. The lowest BCUT2D eigenvalue weighted by molar-refractivity contribution is -0.142. The maximum absolute atomic E-state index is 12.3. The van der Waals surface area contributed by atoms with E-state index < -0.39 is 5.91 Å². The molecule has 0 radical (unpaired) electrons. The summed E-state index contributed by atoms with van der Waals surface area (Å²) in [7, 11) is 0. The van der Waals surface area contributed by atoms with E-state index in [0.29, 0.717) is 23.6 Å². The molecule has 1 aliphatic heterocycles. The van der Waals surface area contributed by atoms with Crippen LogP contribution in [0.1, 0.15) is 18.4 Å². The normalized spacial score (nSPS) is 23.1. The highest BCUT2D eigenvalue weighted by Gasteiger charge is 2.47. The van der Waals surface area contributed by atoms with Crippen LogP contribution in [0.4, 0.5) is 5.69 Å². The Kier molecular flexibility index (Phi) is 4.22. The van der Waals surface area contributed by atoms with Crippen molar-refractivity contribution in [3.63, 3.8) is 0 Å². The number of nitrogens with zero attached hydrogens (tertiary/aromatic N) is 1. The Bertz CT molecular complexity index is 688. The number of nitrogens with one attached hydrogen (secondary N) is 1. The molecule has 120 valence electrons.